The molecule has 0 radical (unpaired) electrons. The SMILES string of the molecule is O=C(O)NCC1CCN(c2ccnc(Cl)n2)CC1. The second-order valence-corrected chi connectivity index (χ2v) is 4.64. The van der Waals surface area contributed by atoms with Crippen molar-refractivity contribution in [2.45, 2.75) is 12.8 Å². The maximum Gasteiger partial charge on any atom is 0.404 e. The molecule has 0 aliphatic carbocycles. The van der Waals surface area contributed by atoms with Gasteiger partial charge < -0.3 is 15.3 Å². The van der Waals surface area contributed by atoms with Crippen LogP contribution in [0.25, 0.3) is 0 Å². The van der Waals surface area contributed by atoms with Gasteiger partial charge in [0.05, 0.1) is 0 Å². The van der Waals surface area contributed by atoms with Gasteiger partial charge in [0.1, 0.15) is 5.82 Å². The number of amides is 1. The number of aromatic nitrogens is 2. The van der Waals surface area contributed by atoms with E-state index in [4.69, 9.17) is 16.7 Å². The number of carboxylic acid groups (broad SMARTS) is 1. The van der Waals surface area contributed by atoms with Crippen LogP contribution in [0, 0.1) is 5.92 Å². The summed E-state index contributed by atoms with van der Waals surface area (Å²) in [6.07, 6.45) is 2.58. The first-order valence-electron chi connectivity index (χ1n) is 5.85. The minimum atomic E-state index is -0.958. The zero-order valence-corrected chi connectivity index (χ0v) is 10.6. The lowest BCUT2D eigenvalue weighted by Gasteiger charge is -2.32. The molecule has 1 saturated heterocycles. The number of nitrogens with zero attached hydrogens (tertiary/aromatic N) is 3. The van der Waals surface area contributed by atoms with Crippen LogP contribution < -0.4 is 10.2 Å². The molecule has 2 rings (SSSR count). The summed E-state index contributed by atoms with van der Waals surface area (Å²) >= 11 is 5.75. The topological polar surface area (TPSA) is 78.4 Å². The van der Waals surface area contributed by atoms with Crippen LogP contribution >= 0.6 is 11.6 Å². The molecule has 0 spiro atoms. The first-order valence-corrected chi connectivity index (χ1v) is 6.23. The van der Waals surface area contributed by atoms with Gasteiger partial charge in [-0.1, -0.05) is 0 Å². The molecule has 2 heterocycles. The monoisotopic (exact) mass is 270 g/mol. The molecule has 7 heteroatoms. The van der Waals surface area contributed by atoms with Gasteiger partial charge in [-0.25, -0.2) is 14.8 Å². The summed E-state index contributed by atoms with van der Waals surface area (Å²) in [5, 5.41) is 11.2. The Hall–Kier alpha value is -1.56. The van der Waals surface area contributed by atoms with Crippen LogP contribution in [0.1, 0.15) is 12.8 Å². The number of halogens is 1. The van der Waals surface area contributed by atoms with E-state index in [1.807, 2.05) is 6.07 Å². The van der Waals surface area contributed by atoms with E-state index in [1.165, 1.54) is 0 Å². The molecular formula is C11H15ClN4O2. The van der Waals surface area contributed by atoms with E-state index < -0.39 is 6.09 Å². The Morgan fingerprint density at radius 2 is 2.28 bits per heavy atom. The number of nitrogens with one attached hydrogen (secondary N) is 1. The van der Waals surface area contributed by atoms with E-state index in [2.05, 4.69) is 20.2 Å². The number of anilines is 1. The van der Waals surface area contributed by atoms with E-state index in [-0.39, 0.29) is 5.28 Å². The Morgan fingerprint density at radius 1 is 1.56 bits per heavy atom. The zero-order chi connectivity index (χ0) is 13.0. The third-order valence-corrected chi connectivity index (χ3v) is 3.27. The van der Waals surface area contributed by atoms with Crippen molar-refractivity contribution >= 4 is 23.5 Å². The Bertz CT molecular complexity index is 421. The molecule has 0 saturated carbocycles. The van der Waals surface area contributed by atoms with Crippen molar-refractivity contribution in [1.82, 2.24) is 15.3 Å². The molecule has 1 aliphatic rings. The molecule has 0 unspecified atom stereocenters. The quantitative estimate of drug-likeness (QED) is 0.816. The van der Waals surface area contributed by atoms with E-state index in [0.717, 1.165) is 31.7 Å². The largest absolute Gasteiger partial charge is 0.465 e. The minimum absolute atomic E-state index is 0.252. The number of hydrogen-bond acceptors (Lipinski definition) is 4. The molecule has 1 fully saturated rings. The van der Waals surface area contributed by atoms with Gasteiger partial charge in [-0.2, -0.15) is 0 Å². The van der Waals surface area contributed by atoms with Crippen LogP contribution in [0.15, 0.2) is 12.3 Å². The average molecular weight is 271 g/mol. The Kier molecular flexibility index (Phi) is 4.19. The third kappa shape index (κ3) is 3.46. The van der Waals surface area contributed by atoms with E-state index in [1.54, 1.807) is 6.20 Å². The van der Waals surface area contributed by atoms with E-state index in [9.17, 15) is 4.79 Å². The first kappa shape index (κ1) is 12.9. The summed E-state index contributed by atoms with van der Waals surface area (Å²) in [5.41, 5.74) is 0. The summed E-state index contributed by atoms with van der Waals surface area (Å²) in [4.78, 5) is 20.6. The highest BCUT2D eigenvalue weighted by molar-refractivity contribution is 6.28. The van der Waals surface area contributed by atoms with Gasteiger partial charge in [-0.05, 0) is 36.4 Å². The van der Waals surface area contributed by atoms with Crippen LogP contribution in [0.3, 0.4) is 0 Å². The van der Waals surface area contributed by atoms with Crippen molar-refractivity contribution in [2.24, 2.45) is 5.92 Å². The molecule has 6 nitrogen and oxygen atoms in total. The van der Waals surface area contributed by atoms with Crippen LogP contribution in [-0.4, -0.2) is 40.8 Å². The molecule has 1 amide bonds. The van der Waals surface area contributed by atoms with Crippen molar-refractivity contribution in [1.29, 1.82) is 0 Å². The second kappa shape index (κ2) is 5.86. The highest BCUT2D eigenvalue weighted by Crippen LogP contribution is 2.21. The third-order valence-electron chi connectivity index (χ3n) is 3.09. The Morgan fingerprint density at radius 3 is 2.89 bits per heavy atom. The molecule has 1 aliphatic heterocycles. The summed E-state index contributed by atoms with van der Waals surface area (Å²) in [5.74, 6) is 1.23. The summed E-state index contributed by atoms with van der Waals surface area (Å²) < 4.78 is 0. The summed E-state index contributed by atoms with van der Waals surface area (Å²) in [6.45, 7) is 2.24. The van der Waals surface area contributed by atoms with Gasteiger partial charge in [-0.15, -0.1) is 0 Å². The van der Waals surface area contributed by atoms with E-state index in [0.29, 0.717) is 12.5 Å². The molecule has 0 aromatic carbocycles. The van der Waals surface area contributed by atoms with Gasteiger partial charge in [0.2, 0.25) is 5.28 Å². The van der Waals surface area contributed by atoms with E-state index >= 15 is 0 Å². The van der Waals surface area contributed by atoms with Crippen molar-refractivity contribution in [3.63, 3.8) is 0 Å². The van der Waals surface area contributed by atoms with Gasteiger partial charge in [0.15, 0.2) is 0 Å². The smallest absolute Gasteiger partial charge is 0.404 e. The lowest BCUT2D eigenvalue weighted by molar-refractivity contribution is 0.191. The predicted octanol–water partition coefficient (Wildman–Crippen LogP) is 1.61. The van der Waals surface area contributed by atoms with Crippen LogP contribution in [-0.2, 0) is 0 Å². The van der Waals surface area contributed by atoms with Gasteiger partial charge in [0, 0.05) is 25.8 Å². The maximum atomic E-state index is 10.4. The average Bonchev–Trinajstić information content (AvgIpc) is 2.37. The first-order chi connectivity index (χ1) is 8.65. The molecule has 2 N–H and O–H groups in total. The molecule has 1 aromatic rings. The fourth-order valence-electron chi connectivity index (χ4n) is 2.10. The van der Waals surface area contributed by atoms with Crippen molar-refractivity contribution in [3.05, 3.63) is 17.5 Å². The number of rotatable bonds is 3. The predicted molar refractivity (Wildman–Crippen MR) is 68.0 cm³/mol. The fraction of sp³-hybridized carbons (Fsp3) is 0.545. The number of hydrogen-bond donors (Lipinski definition) is 2. The lowest BCUT2D eigenvalue weighted by atomic mass is 9.97. The molecule has 18 heavy (non-hydrogen) atoms. The van der Waals surface area contributed by atoms with Gasteiger partial charge >= 0.3 is 6.09 Å². The Balaban J connectivity index is 1.85. The standard InChI is InChI=1S/C11H15ClN4O2/c12-10-13-4-1-9(15-10)16-5-2-8(3-6-16)7-14-11(17)18/h1,4,8,14H,2-3,5-7H2,(H,17,18). The Labute approximate surface area is 110 Å². The molecular weight excluding hydrogens is 256 g/mol. The molecule has 98 valence electrons. The van der Waals surface area contributed by atoms with Crippen molar-refractivity contribution in [2.75, 3.05) is 24.5 Å². The summed E-state index contributed by atoms with van der Waals surface area (Å²) in [7, 11) is 0. The minimum Gasteiger partial charge on any atom is -0.465 e. The molecule has 0 atom stereocenters. The summed E-state index contributed by atoms with van der Waals surface area (Å²) in [6, 6.07) is 1.84. The lowest BCUT2D eigenvalue weighted by Crippen LogP contribution is -2.38. The normalized spacial score (nSPS) is 16.6. The van der Waals surface area contributed by atoms with Crippen LogP contribution in [0.2, 0.25) is 5.28 Å². The van der Waals surface area contributed by atoms with Crippen molar-refractivity contribution < 1.29 is 9.90 Å². The molecule has 0 bridgehead atoms. The van der Waals surface area contributed by atoms with Gasteiger partial charge in [-0.3, -0.25) is 0 Å². The zero-order valence-electron chi connectivity index (χ0n) is 9.84. The maximum absolute atomic E-state index is 10.4. The highest BCUT2D eigenvalue weighted by Gasteiger charge is 2.20. The van der Waals surface area contributed by atoms with Crippen LogP contribution in [0.4, 0.5) is 10.6 Å². The van der Waals surface area contributed by atoms with Gasteiger partial charge in [0.25, 0.3) is 0 Å². The highest BCUT2D eigenvalue weighted by atomic mass is 35.5. The van der Waals surface area contributed by atoms with Crippen LogP contribution in [0.5, 0.6) is 0 Å². The second-order valence-electron chi connectivity index (χ2n) is 4.30. The molecule has 1 aromatic heterocycles. The van der Waals surface area contributed by atoms with Crippen molar-refractivity contribution in [3.8, 4) is 0 Å². The number of piperidine rings is 1. The fourth-order valence-corrected chi connectivity index (χ4v) is 2.24. The number of carbonyl (C=O) groups is 1.